The molecule has 1 aromatic heterocycles. The van der Waals surface area contributed by atoms with E-state index in [0.29, 0.717) is 5.95 Å². The van der Waals surface area contributed by atoms with Gasteiger partial charge in [0.05, 0.1) is 0 Å². The fourth-order valence-electron chi connectivity index (χ4n) is 2.43. The largest absolute Gasteiger partial charge is 0.350 e. The quantitative estimate of drug-likeness (QED) is 0.723. The molecule has 0 atom stereocenters. The standard InChI is InChI=1S/C19H22N4/c1-13-12-20-18(23-19(2,3)4)22-17(13)21-16-11-7-9-14-8-5-6-10-15(14)16/h5-12H,1-4H3,(H2,20,21,22,23). The van der Waals surface area contributed by atoms with Crippen molar-refractivity contribution in [2.75, 3.05) is 10.6 Å². The Morgan fingerprint density at radius 1 is 0.957 bits per heavy atom. The third kappa shape index (κ3) is 3.59. The second kappa shape index (κ2) is 5.88. The topological polar surface area (TPSA) is 49.8 Å². The van der Waals surface area contributed by atoms with E-state index in [1.165, 1.54) is 10.8 Å². The zero-order valence-electron chi connectivity index (χ0n) is 14.0. The molecule has 0 aliphatic heterocycles. The van der Waals surface area contributed by atoms with E-state index < -0.39 is 0 Å². The van der Waals surface area contributed by atoms with Gasteiger partial charge in [-0.3, -0.25) is 0 Å². The van der Waals surface area contributed by atoms with Crippen molar-refractivity contribution in [1.82, 2.24) is 9.97 Å². The van der Waals surface area contributed by atoms with Crippen molar-refractivity contribution >= 4 is 28.2 Å². The monoisotopic (exact) mass is 306 g/mol. The summed E-state index contributed by atoms with van der Waals surface area (Å²) in [6.45, 7) is 8.28. The van der Waals surface area contributed by atoms with Crippen molar-refractivity contribution in [3.63, 3.8) is 0 Å². The van der Waals surface area contributed by atoms with E-state index in [1.54, 1.807) is 0 Å². The Morgan fingerprint density at radius 2 is 1.70 bits per heavy atom. The van der Waals surface area contributed by atoms with Crippen molar-refractivity contribution < 1.29 is 0 Å². The summed E-state index contributed by atoms with van der Waals surface area (Å²) in [6, 6.07) is 14.6. The summed E-state index contributed by atoms with van der Waals surface area (Å²) >= 11 is 0. The van der Waals surface area contributed by atoms with E-state index in [1.807, 2.05) is 25.3 Å². The summed E-state index contributed by atoms with van der Waals surface area (Å²) < 4.78 is 0. The highest BCUT2D eigenvalue weighted by Gasteiger charge is 2.13. The van der Waals surface area contributed by atoms with E-state index in [4.69, 9.17) is 0 Å². The van der Waals surface area contributed by atoms with Gasteiger partial charge in [-0.15, -0.1) is 0 Å². The van der Waals surface area contributed by atoms with Crippen LogP contribution in [0.1, 0.15) is 26.3 Å². The van der Waals surface area contributed by atoms with Gasteiger partial charge in [0.2, 0.25) is 5.95 Å². The van der Waals surface area contributed by atoms with Crippen molar-refractivity contribution in [2.45, 2.75) is 33.2 Å². The number of aryl methyl sites for hydroxylation is 1. The Bertz CT molecular complexity index is 829. The number of benzene rings is 2. The molecule has 0 unspecified atom stereocenters. The first kappa shape index (κ1) is 15.3. The average molecular weight is 306 g/mol. The third-order valence-corrected chi connectivity index (χ3v) is 3.50. The van der Waals surface area contributed by atoms with Crippen LogP contribution in [0.25, 0.3) is 10.8 Å². The van der Waals surface area contributed by atoms with E-state index >= 15 is 0 Å². The van der Waals surface area contributed by atoms with Crippen LogP contribution in [0, 0.1) is 6.92 Å². The lowest BCUT2D eigenvalue weighted by atomic mass is 10.1. The molecule has 0 saturated heterocycles. The van der Waals surface area contributed by atoms with Gasteiger partial charge in [0.1, 0.15) is 5.82 Å². The summed E-state index contributed by atoms with van der Waals surface area (Å²) in [5.74, 6) is 1.45. The molecular weight excluding hydrogens is 284 g/mol. The van der Waals surface area contributed by atoms with Crippen LogP contribution < -0.4 is 10.6 Å². The van der Waals surface area contributed by atoms with E-state index in [-0.39, 0.29) is 5.54 Å². The molecule has 4 nitrogen and oxygen atoms in total. The predicted molar refractivity (Wildman–Crippen MR) is 97.4 cm³/mol. The van der Waals surface area contributed by atoms with Crippen LogP contribution in [-0.4, -0.2) is 15.5 Å². The molecule has 1 heterocycles. The average Bonchev–Trinajstić information content (AvgIpc) is 2.49. The molecule has 4 heteroatoms. The second-order valence-electron chi connectivity index (χ2n) is 6.75. The maximum Gasteiger partial charge on any atom is 0.225 e. The lowest BCUT2D eigenvalue weighted by molar-refractivity contribution is 0.626. The van der Waals surface area contributed by atoms with E-state index in [9.17, 15) is 0 Å². The maximum atomic E-state index is 4.63. The van der Waals surface area contributed by atoms with Crippen LogP contribution in [0.4, 0.5) is 17.5 Å². The summed E-state index contributed by atoms with van der Waals surface area (Å²) in [5, 5.41) is 9.14. The molecule has 0 aliphatic carbocycles. The van der Waals surface area contributed by atoms with Gasteiger partial charge in [0, 0.05) is 28.4 Å². The molecule has 0 radical (unpaired) electrons. The van der Waals surface area contributed by atoms with Crippen LogP contribution in [0.3, 0.4) is 0 Å². The van der Waals surface area contributed by atoms with Gasteiger partial charge in [-0.2, -0.15) is 4.98 Å². The Balaban J connectivity index is 1.97. The number of nitrogens with zero attached hydrogens (tertiary/aromatic N) is 2. The Labute approximate surface area is 137 Å². The first-order chi connectivity index (χ1) is 10.9. The second-order valence-corrected chi connectivity index (χ2v) is 6.75. The maximum absolute atomic E-state index is 4.63. The molecule has 0 aliphatic rings. The highest BCUT2D eigenvalue weighted by Crippen LogP contribution is 2.27. The number of hydrogen-bond donors (Lipinski definition) is 2. The fraction of sp³-hybridized carbons (Fsp3) is 0.263. The van der Waals surface area contributed by atoms with Crippen molar-refractivity contribution in [3.8, 4) is 0 Å². The molecule has 2 aromatic carbocycles. The van der Waals surface area contributed by atoms with Crippen molar-refractivity contribution in [2.24, 2.45) is 0 Å². The zero-order valence-corrected chi connectivity index (χ0v) is 14.0. The smallest absolute Gasteiger partial charge is 0.225 e. The van der Waals surface area contributed by atoms with Crippen molar-refractivity contribution in [3.05, 3.63) is 54.2 Å². The molecule has 0 fully saturated rings. The number of hydrogen-bond acceptors (Lipinski definition) is 4. The van der Waals surface area contributed by atoms with Gasteiger partial charge in [-0.25, -0.2) is 4.98 Å². The lowest BCUT2D eigenvalue weighted by Gasteiger charge is -2.21. The van der Waals surface area contributed by atoms with Gasteiger partial charge >= 0.3 is 0 Å². The molecule has 3 aromatic rings. The van der Waals surface area contributed by atoms with Crippen LogP contribution in [0.5, 0.6) is 0 Å². The normalized spacial score (nSPS) is 11.5. The Morgan fingerprint density at radius 3 is 2.48 bits per heavy atom. The molecule has 0 bridgehead atoms. The molecule has 0 saturated carbocycles. The molecule has 118 valence electrons. The minimum atomic E-state index is -0.0774. The molecule has 2 N–H and O–H groups in total. The number of aromatic nitrogens is 2. The summed E-state index contributed by atoms with van der Waals surface area (Å²) in [5.41, 5.74) is 1.98. The molecule has 3 rings (SSSR count). The lowest BCUT2D eigenvalue weighted by Crippen LogP contribution is -2.27. The van der Waals surface area contributed by atoms with Crippen LogP contribution in [-0.2, 0) is 0 Å². The third-order valence-electron chi connectivity index (χ3n) is 3.50. The Hall–Kier alpha value is -2.62. The highest BCUT2D eigenvalue weighted by molar-refractivity contribution is 5.95. The van der Waals surface area contributed by atoms with E-state index in [2.05, 4.69) is 71.7 Å². The summed E-state index contributed by atoms with van der Waals surface area (Å²) in [7, 11) is 0. The van der Waals surface area contributed by atoms with Gasteiger partial charge in [0.15, 0.2) is 0 Å². The van der Waals surface area contributed by atoms with Gasteiger partial charge < -0.3 is 10.6 Å². The van der Waals surface area contributed by atoms with E-state index in [0.717, 1.165) is 17.1 Å². The minimum absolute atomic E-state index is 0.0774. The van der Waals surface area contributed by atoms with Gasteiger partial charge in [-0.1, -0.05) is 36.4 Å². The van der Waals surface area contributed by atoms with Gasteiger partial charge in [-0.05, 0) is 39.1 Å². The predicted octanol–water partition coefficient (Wildman–Crippen LogP) is 4.89. The molecule has 0 spiro atoms. The summed E-state index contributed by atoms with van der Waals surface area (Å²) in [4.78, 5) is 8.99. The first-order valence-corrected chi connectivity index (χ1v) is 7.79. The first-order valence-electron chi connectivity index (χ1n) is 7.79. The number of anilines is 3. The fourth-order valence-corrected chi connectivity index (χ4v) is 2.43. The number of nitrogens with one attached hydrogen (secondary N) is 2. The molecule has 23 heavy (non-hydrogen) atoms. The van der Waals surface area contributed by atoms with Gasteiger partial charge in [0.25, 0.3) is 0 Å². The number of rotatable bonds is 3. The molecular formula is C19H22N4. The minimum Gasteiger partial charge on any atom is -0.350 e. The SMILES string of the molecule is Cc1cnc(NC(C)(C)C)nc1Nc1cccc2ccccc12. The summed E-state index contributed by atoms with van der Waals surface area (Å²) in [6.07, 6.45) is 1.84. The zero-order chi connectivity index (χ0) is 16.4. The van der Waals surface area contributed by atoms with Crippen LogP contribution >= 0.6 is 0 Å². The van der Waals surface area contributed by atoms with Crippen molar-refractivity contribution in [1.29, 1.82) is 0 Å². The molecule has 0 amide bonds. The Kier molecular flexibility index (Phi) is 3.90. The van der Waals surface area contributed by atoms with Crippen LogP contribution in [0.15, 0.2) is 48.7 Å². The number of fused-ring (bicyclic) bond motifs is 1. The highest BCUT2D eigenvalue weighted by atomic mass is 15.2. The van der Waals surface area contributed by atoms with Crippen LogP contribution in [0.2, 0.25) is 0 Å².